The largest absolute Gasteiger partial charge is 0.148 e. The summed E-state index contributed by atoms with van der Waals surface area (Å²) in [5.74, 6) is 0.582. The highest BCUT2D eigenvalue weighted by Gasteiger charge is 1.97. The normalized spacial score (nSPS) is 13.7. The van der Waals surface area contributed by atoms with Crippen LogP contribution in [0.5, 0.6) is 0 Å². The van der Waals surface area contributed by atoms with Gasteiger partial charge in [0.25, 0.3) is 0 Å². The molecule has 102 valence electrons. The third kappa shape index (κ3) is 9.35. The lowest BCUT2D eigenvalue weighted by Crippen LogP contribution is -1.87. The Morgan fingerprint density at radius 2 is 1.72 bits per heavy atom. The van der Waals surface area contributed by atoms with Gasteiger partial charge in [-0.15, -0.1) is 12.6 Å². The molecule has 0 aliphatic heterocycles. The molecule has 0 unspecified atom stereocenters. The zero-order chi connectivity index (χ0) is 14.0. The van der Waals surface area contributed by atoms with E-state index in [2.05, 4.69) is 71.2 Å². The molecule has 0 saturated heterocycles. The first-order valence-corrected chi connectivity index (χ1v) is 7.35. The molecule has 0 fully saturated rings. The van der Waals surface area contributed by atoms with Crippen LogP contribution < -0.4 is 0 Å². The fourth-order valence-electron chi connectivity index (χ4n) is 1.77. The molecule has 0 bridgehead atoms. The van der Waals surface area contributed by atoms with Gasteiger partial charge in [0.2, 0.25) is 0 Å². The van der Waals surface area contributed by atoms with E-state index in [9.17, 15) is 0 Å². The lowest BCUT2D eigenvalue weighted by Gasteiger charge is -2.05. The Kier molecular flexibility index (Phi) is 9.86. The molecule has 0 radical (unpaired) electrons. The zero-order valence-corrected chi connectivity index (χ0v) is 13.3. The summed E-state index contributed by atoms with van der Waals surface area (Å²) in [5, 5.41) is 0. The Morgan fingerprint density at radius 1 is 1.11 bits per heavy atom. The Hall–Kier alpha value is -0.690. The van der Waals surface area contributed by atoms with Crippen LogP contribution in [0.4, 0.5) is 0 Å². The van der Waals surface area contributed by atoms with E-state index in [1.165, 1.54) is 17.6 Å². The first kappa shape index (κ1) is 17.3. The van der Waals surface area contributed by atoms with Gasteiger partial charge in [-0.1, -0.05) is 69.2 Å². The van der Waals surface area contributed by atoms with Crippen LogP contribution in [0.1, 0.15) is 53.4 Å². The number of hydrogen-bond acceptors (Lipinski definition) is 1. The maximum absolute atomic E-state index is 4.27. The minimum atomic E-state index is 0.582. The van der Waals surface area contributed by atoms with Gasteiger partial charge in [0.05, 0.1) is 0 Å². The van der Waals surface area contributed by atoms with Gasteiger partial charge in [-0.25, -0.2) is 0 Å². The first-order chi connectivity index (χ1) is 8.49. The molecule has 0 saturated carbocycles. The van der Waals surface area contributed by atoms with Gasteiger partial charge in [0.15, 0.2) is 0 Å². The van der Waals surface area contributed by atoms with Crippen molar-refractivity contribution in [2.75, 3.05) is 0 Å². The zero-order valence-electron chi connectivity index (χ0n) is 12.4. The van der Waals surface area contributed by atoms with Crippen molar-refractivity contribution in [3.63, 3.8) is 0 Å². The average Bonchev–Trinajstić information content (AvgIpc) is 2.30. The van der Waals surface area contributed by atoms with Crippen molar-refractivity contribution in [1.82, 2.24) is 0 Å². The predicted octanol–water partition coefficient (Wildman–Crippen LogP) is 6.10. The summed E-state index contributed by atoms with van der Waals surface area (Å²) in [5.41, 5.74) is 2.80. The summed E-state index contributed by atoms with van der Waals surface area (Å²) >= 11 is 4.27. The quantitative estimate of drug-likeness (QED) is 0.398. The van der Waals surface area contributed by atoms with Crippen LogP contribution in [-0.2, 0) is 0 Å². The molecule has 0 rings (SSSR count). The number of rotatable bonds is 8. The van der Waals surface area contributed by atoms with E-state index in [1.54, 1.807) is 0 Å². The van der Waals surface area contributed by atoms with Crippen LogP contribution in [0.2, 0.25) is 0 Å². The van der Waals surface area contributed by atoms with Crippen molar-refractivity contribution in [2.45, 2.75) is 53.4 Å². The Balaban J connectivity index is 4.67. The minimum absolute atomic E-state index is 0.582. The minimum Gasteiger partial charge on any atom is -0.148 e. The van der Waals surface area contributed by atoms with E-state index in [0.29, 0.717) is 5.92 Å². The highest BCUT2D eigenvalue weighted by Crippen LogP contribution is 2.17. The molecule has 0 atom stereocenters. The monoisotopic (exact) mass is 264 g/mol. The van der Waals surface area contributed by atoms with Crippen LogP contribution in [0.15, 0.2) is 46.9 Å². The van der Waals surface area contributed by atoms with Gasteiger partial charge in [0, 0.05) is 0 Å². The lowest BCUT2D eigenvalue weighted by atomic mass is 10.0. The highest BCUT2D eigenvalue weighted by atomic mass is 32.1. The van der Waals surface area contributed by atoms with Gasteiger partial charge in [-0.05, 0) is 37.0 Å². The molecular weight excluding hydrogens is 236 g/mol. The summed E-state index contributed by atoms with van der Waals surface area (Å²) in [4.78, 5) is 0.956. The van der Waals surface area contributed by atoms with Crippen LogP contribution >= 0.6 is 12.6 Å². The lowest BCUT2D eigenvalue weighted by molar-refractivity contribution is 0.813. The van der Waals surface area contributed by atoms with Crippen molar-refractivity contribution in [1.29, 1.82) is 0 Å². The smallest absolute Gasteiger partial charge is 0.0187 e. The van der Waals surface area contributed by atoms with Crippen LogP contribution in [-0.4, -0.2) is 0 Å². The summed E-state index contributed by atoms with van der Waals surface area (Å²) in [6.07, 6.45) is 13.4. The molecular formula is C17H28S. The van der Waals surface area contributed by atoms with E-state index in [-0.39, 0.29) is 0 Å². The fourth-order valence-corrected chi connectivity index (χ4v) is 1.88. The third-order valence-corrected chi connectivity index (χ3v) is 2.89. The summed E-state index contributed by atoms with van der Waals surface area (Å²) in [6.45, 7) is 12.6. The highest BCUT2D eigenvalue weighted by molar-refractivity contribution is 7.84. The second-order valence-electron chi connectivity index (χ2n) is 5.00. The van der Waals surface area contributed by atoms with Gasteiger partial charge < -0.3 is 0 Å². The van der Waals surface area contributed by atoms with E-state index < -0.39 is 0 Å². The van der Waals surface area contributed by atoms with Crippen LogP contribution in [0.25, 0.3) is 0 Å². The Morgan fingerprint density at radius 3 is 2.17 bits per heavy atom. The Labute approximate surface area is 119 Å². The SMILES string of the molecule is C=C(S)CCC(/C=C\C(=C/C)CCC)=C/C(C)C. The van der Waals surface area contributed by atoms with Crippen molar-refractivity contribution in [2.24, 2.45) is 5.92 Å². The van der Waals surface area contributed by atoms with Crippen molar-refractivity contribution in [3.8, 4) is 0 Å². The van der Waals surface area contributed by atoms with E-state index in [0.717, 1.165) is 24.2 Å². The number of hydrogen-bond donors (Lipinski definition) is 1. The van der Waals surface area contributed by atoms with E-state index >= 15 is 0 Å². The van der Waals surface area contributed by atoms with Gasteiger partial charge in [-0.2, -0.15) is 0 Å². The van der Waals surface area contributed by atoms with Crippen molar-refractivity contribution in [3.05, 3.63) is 46.9 Å². The van der Waals surface area contributed by atoms with Crippen LogP contribution in [0.3, 0.4) is 0 Å². The molecule has 0 heterocycles. The molecule has 0 aromatic rings. The van der Waals surface area contributed by atoms with Crippen LogP contribution in [0, 0.1) is 5.92 Å². The van der Waals surface area contributed by atoms with Gasteiger partial charge in [0.1, 0.15) is 0 Å². The molecule has 0 aromatic carbocycles. The van der Waals surface area contributed by atoms with Crippen molar-refractivity contribution < 1.29 is 0 Å². The second-order valence-corrected chi connectivity index (χ2v) is 5.63. The molecule has 0 aromatic heterocycles. The molecule has 0 spiro atoms. The maximum atomic E-state index is 4.27. The van der Waals surface area contributed by atoms with Gasteiger partial charge in [-0.3, -0.25) is 0 Å². The topological polar surface area (TPSA) is 0 Å². The number of allylic oxidation sites excluding steroid dienone is 7. The second kappa shape index (κ2) is 10.3. The summed E-state index contributed by atoms with van der Waals surface area (Å²) < 4.78 is 0. The van der Waals surface area contributed by atoms with E-state index in [4.69, 9.17) is 0 Å². The summed E-state index contributed by atoms with van der Waals surface area (Å²) in [6, 6.07) is 0. The maximum Gasteiger partial charge on any atom is -0.0187 e. The summed E-state index contributed by atoms with van der Waals surface area (Å²) in [7, 11) is 0. The molecule has 0 amide bonds. The molecule has 18 heavy (non-hydrogen) atoms. The first-order valence-electron chi connectivity index (χ1n) is 6.90. The standard InChI is InChI=1S/C17H28S/c1-6-8-16(7-2)11-12-17(13-14(3)4)10-9-15(5)18/h7,11-14,18H,5-6,8-10H2,1-4H3/b12-11-,16-7-,17-13-. The fraction of sp³-hybridized carbons (Fsp3) is 0.529. The van der Waals surface area contributed by atoms with E-state index in [1.807, 2.05) is 0 Å². The van der Waals surface area contributed by atoms with Gasteiger partial charge >= 0.3 is 0 Å². The molecule has 0 N–H and O–H groups in total. The predicted molar refractivity (Wildman–Crippen MR) is 88.1 cm³/mol. The molecule has 0 aliphatic rings. The molecule has 1 heteroatoms. The molecule has 0 nitrogen and oxygen atoms in total. The molecule has 0 aliphatic carbocycles. The third-order valence-electron chi connectivity index (χ3n) is 2.67. The number of thiol groups is 1. The Bertz CT molecular complexity index is 330. The van der Waals surface area contributed by atoms with Crippen molar-refractivity contribution >= 4 is 12.6 Å². The average molecular weight is 264 g/mol.